The second-order valence-corrected chi connectivity index (χ2v) is 6.21. The maximum Gasteiger partial charge on any atom is 0.301 e. The van der Waals surface area contributed by atoms with Crippen molar-refractivity contribution < 1.29 is 17.5 Å². The van der Waals surface area contributed by atoms with E-state index in [1.165, 1.54) is 25.3 Å². The van der Waals surface area contributed by atoms with Crippen LogP contribution in [0.5, 0.6) is 5.75 Å². The molecular formula is C15H18FN3O3S. The van der Waals surface area contributed by atoms with Gasteiger partial charge in [0.25, 0.3) is 0 Å². The zero-order valence-corrected chi connectivity index (χ0v) is 13.9. The zero-order valence-electron chi connectivity index (χ0n) is 13.1. The largest absolute Gasteiger partial charge is 0.453 e. The fourth-order valence-electron chi connectivity index (χ4n) is 1.58. The normalized spacial score (nSPS) is 11.9. The summed E-state index contributed by atoms with van der Waals surface area (Å²) in [7, 11) is -2.47. The molecule has 0 heterocycles. The third-order valence-electron chi connectivity index (χ3n) is 3.02. The third-order valence-corrected chi connectivity index (χ3v) is 4.58. The number of rotatable bonds is 7. The van der Waals surface area contributed by atoms with Crippen LogP contribution in [-0.4, -0.2) is 26.3 Å². The molecule has 0 saturated carbocycles. The van der Waals surface area contributed by atoms with Gasteiger partial charge < -0.3 is 4.74 Å². The highest BCUT2D eigenvalue weighted by molar-refractivity contribution is 7.90. The summed E-state index contributed by atoms with van der Waals surface area (Å²) in [5.74, 6) is -0.902. The smallest absolute Gasteiger partial charge is 0.301 e. The van der Waals surface area contributed by atoms with E-state index in [1.54, 1.807) is 19.9 Å². The Morgan fingerprint density at radius 3 is 2.70 bits per heavy atom. The summed E-state index contributed by atoms with van der Waals surface area (Å²) in [6.45, 7) is 7.06. The molecule has 0 amide bonds. The molecule has 0 aliphatic carbocycles. The van der Waals surface area contributed by atoms with Crippen LogP contribution < -0.4 is 9.46 Å². The van der Waals surface area contributed by atoms with Crippen LogP contribution in [0.15, 0.2) is 36.6 Å². The number of halogens is 1. The van der Waals surface area contributed by atoms with Crippen molar-refractivity contribution in [1.29, 1.82) is 5.26 Å². The molecule has 1 rings (SSSR count). The molecule has 1 N–H and O–H groups in total. The molecule has 0 spiro atoms. The fraction of sp³-hybridized carbons (Fsp3) is 0.267. The third kappa shape index (κ3) is 4.31. The number of hydrogen-bond acceptors (Lipinski definition) is 4. The number of allylic oxidation sites excluding steroid dienone is 2. The lowest BCUT2D eigenvalue weighted by molar-refractivity contribution is 0.410. The first kappa shape index (κ1) is 18.7. The highest BCUT2D eigenvalue weighted by atomic mass is 32.2. The van der Waals surface area contributed by atoms with Gasteiger partial charge in [0.15, 0.2) is 11.6 Å². The molecule has 0 saturated heterocycles. The number of ether oxygens (including phenoxy) is 1. The summed E-state index contributed by atoms with van der Waals surface area (Å²) >= 11 is 0. The molecule has 0 bridgehead atoms. The Balaban J connectivity index is 3.37. The molecule has 0 unspecified atom stereocenters. The van der Waals surface area contributed by atoms with E-state index in [9.17, 15) is 18.1 Å². The van der Waals surface area contributed by atoms with Gasteiger partial charge >= 0.3 is 10.2 Å². The van der Waals surface area contributed by atoms with Gasteiger partial charge in [0.2, 0.25) is 0 Å². The molecule has 1 aromatic carbocycles. The number of nitrogens with one attached hydrogen (secondary N) is 1. The average molecular weight is 339 g/mol. The Morgan fingerprint density at radius 1 is 1.57 bits per heavy atom. The molecule has 0 aliphatic rings. The molecule has 0 aliphatic heterocycles. The van der Waals surface area contributed by atoms with E-state index in [4.69, 9.17) is 4.74 Å². The maximum atomic E-state index is 14.0. The Morgan fingerprint density at radius 2 is 2.22 bits per heavy atom. The van der Waals surface area contributed by atoms with Crippen molar-refractivity contribution in [3.05, 3.63) is 48.0 Å². The van der Waals surface area contributed by atoms with E-state index in [0.717, 1.165) is 10.4 Å². The van der Waals surface area contributed by atoms with E-state index < -0.39 is 16.0 Å². The van der Waals surface area contributed by atoms with Gasteiger partial charge in [-0.05, 0) is 31.2 Å². The summed E-state index contributed by atoms with van der Waals surface area (Å²) in [4.78, 5) is 0. The minimum Gasteiger partial charge on any atom is -0.453 e. The summed E-state index contributed by atoms with van der Waals surface area (Å²) in [6.07, 6.45) is 2.89. The van der Waals surface area contributed by atoms with Gasteiger partial charge in [-0.3, -0.25) is 4.72 Å². The van der Waals surface area contributed by atoms with E-state index in [2.05, 4.69) is 11.3 Å². The van der Waals surface area contributed by atoms with Crippen molar-refractivity contribution in [1.82, 2.24) is 4.31 Å². The second-order valence-electron chi connectivity index (χ2n) is 4.43. The zero-order chi connectivity index (χ0) is 17.6. The summed E-state index contributed by atoms with van der Waals surface area (Å²) in [6, 6.07) is 3.96. The van der Waals surface area contributed by atoms with Crippen LogP contribution in [-0.2, 0) is 10.2 Å². The summed E-state index contributed by atoms with van der Waals surface area (Å²) < 4.78 is 46.7. The Kier molecular flexibility index (Phi) is 6.30. The minimum atomic E-state index is -3.85. The van der Waals surface area contributed by atoms with Gasteiger partial charge in [-0.15, -0.1) is 0 Å². The van der Waals surface area contributed by atoms with Crippen molar-refractivity contribution >= 4 is 15.9 Å². The topological polar surface area (TPSA) is 82.4 Å². The van der Waals surface area contributed by atoms with Gasteiger partial charge in [0.05, 0.1) is 5.69 Å². The first-order valence-corrected chi connectivity index (χ1v) is 8.18. The van der Waals surface area contributed by atoms with E-state index in [-0.39, 0.29) is 29.3 Å². The lowest BCUT2D eigenvalue weighted by Gasteiger charge is -2.18. The van der Waals surface area contributed by atoms with Gasteiger partial charge in [-0.25, -0.2) is 4.39 Å². The monoisotopic (exact) mass is 339 g/mol. The molecule has 0 atom stereocenters. The van der Waals surface area contributed by atoms with Crippen LogP contribution >= 0.6 is 0 Å². The fourth-order valence-corrected chi connectivity index (χ4v) is 2.52. The molecular weight excluding hydrogens is 321 g/mol. The van der Waals surface area contributed by atoms with E-state index >= 15 is 0 Å². The van der Waals surface area contributed by atoms with Gasteiger partial charge in [0.1, 0.15) is 17.4 Å². The number of hydrogen-bond donors (Lipinski definition) is 1. The number of anilines is 1. The van der Waals surface area contributed by atoms with Crippen molar-refractivity contribution in [2.45, 2.75) is 13.8 Å². The highest BCUT2D eigenvalue weighted by Gasteiger charge is 2.22. The Bertz CT molecular complexity index is 767. The number of nitrogens with zero attached hydrogens (tertiary/aromatic N) is 2. The molecule has 6 nitrogen and oxygen atoms in total. The van der Waals surface area contributed by atoms with Crippen LogP contribution in [0, 0.1) is 17.1 Å². The quantitative estimate of drug-likeness (QED) is 0.612. The van der Waals surface area contributed by atoms with Crippen molar-refractivity contribution in [2.24, 2.45) is 0 Å². The Labute approximate surface area is 135 Å². The van der Waals surface area contributed by atoms with Crippen molar-refractivity contribution in [3.8, 4) is 11.8 Å². The SMILES string of the molecule is C=C/C(=C\C)Oc1c(F)ccc(NS(=O)(=O)N(C)CC)c1C#N. The lowest BCUT2D eigenvalue weighted by atomic mass is 10.1. The maximum absolute atomic E-state index is 14.0. The molecule has 124 valence electrons. The summed E-state index contributed by atoms with van der Waals surface area (Å²) in [5, 5.41) is 9.28. The molecule has 23 heavy (non-hydrogen) atoms. The molecule has 0 aromatic heterocycles. The summed E-state index contributed by atoms with van der Waals surface area (Å²) in [5.41, 5.74) is -0.317. The average Bonchev–Trinajstić information content (AvgIpc) is 2.53. The Hall–Kier alpha value is -2.37. The first-order chi connectivity index (χ1) is 10.8. The van der Waals surface area contributed by atoms with E-state index in [1.807, 2.05) is 0 Å². The molecule has 0 radical (unpaired) electrons. The van der Waals surface area contributed by atoms with Gasteiger partial charge in [-0.2, -0.15) is 18.0 Å². The van der Waals surface area contributed by atoms with E-state index in [0.29, 0.717) is 0 Å². The first-order valence-electron chi connectivity index (χ1n) is 6.74. The van der Waals surface area contributed by atoms with Crippen LogP contribution in [0.1, 0.15) is 19.4 Å². The lowest BCUT2D eigenvalue weighted by Crippen LogP contribution is -2.32. The highest BCUT2D eigenvalue weighted by Crippen LogP contribution is 2.31. The second kappa shape index (κ2) is 7.76. The van der Waals surface area contributed by atoms with Gasteiger partial charge in [-0.1, -0.05) is 13.5 Å². The van der Waals surface area contributed by atoms with Gasteiger partial charge in [0, 0.05) is 13.6 Å². The molecule has 0 fully saturated rings. The molecule has 8 heteroatoms. The van der Waals surface area contributed by atoms with Crippen LogP contribution in [0.25, 0.3) is 0 Å². The van der Waals surface area contributed by atoms with Crippen LogP contribution in [0.3, 0.4) is 0 Å². The predicted molar refractivity (Wildman–Crippen MR) is 86.5 cm³/mol. The van der Waals surface area contributed by atoms with Crippen molar-refractivity contribution in [3.63, 3.8) is 0 Å². The standard InChI is InChI=1S/C15H18FN3O3S/c1-5-11(6-2)22-15-12(10-17)14(9-8-13(15)16)18-23(20,21)19(4)7-3/h5-6,8-9,18H,1,7H2,2-4H3/b11-6+. The molecule has 1 aromatic rings. The number of nitriles is 1. The van der Waals surface area contributed by atoms with Crippen LogP contribution in [0.4, 0.5) is 10.1 Å². The number of benzene rings is 1. The van der Waals surface area contributed by atoms with Crippen molar-refractivity contribution in [2.75, 3.05) is 18.3 Å². The van der Waals surface area contributed by atoms with Crippen LogP contribution in [0.2, 0.25) is 0 Å². The minimum absolute atomic E-state index is 0.0660. The predicted octanol–water partition coefficient (Wildman–Crippen LogP) is 2.77.